The van der Waals surface area contributed by atoms with Crippen molar-refractivity contribution in [3.8, 4) is 0 Å². The van der Waals surface area contributed by atoms with Gasteiger partial charge in [0.05, 0.1) is 0 Å². The van der Waals surface area contributed by atoms with Gasteiger partial charge >= 0.3 is 0 Å². The Labute approximate surface area is 73.8 Å². The average molecular weight is 175 g/mol. The molecule has 0 aromatic carbocycles. The minimum atomic E-state index is 0. The molecule has 0 aliphatic rings. The van der Waals surface area contributed by atoms with E-state index >= 15 is 0 Å². The third-order valence-corrected chi connectivity index (χ3v) is 1.80. The number of hydrogen-bond donors (Lipinski definition) is 1. The lowest BCUT2D eigenvalue weighted by molar-refractivity contribution is 0.640. The van der Waals surface area contributed by atoms with Crippen LogP contribution < -0.4 is 5.73 Å². The van der Waals surface area contributed by atoms with Gasteiger partial charge in [-0.2, -0.15) is 0 Å². The van der Waals surface area contributed by atoms with Crippen LogP contribution >= 0.6 is 12.4 Å². The second kappa shape index (κ2) is 4.42. The first-order valence-electron chi connectivity index (χ1n) is 3.62. The van der Waals surface area contributed by atoms with Crippen LogP contribution in [0.5, 0.6) is 0 Å². The highest BCUT2D eigenvalue weighted by molar-refractivity contribution is 5.85. The summed E-state index contributed by atoms with van der Waals surface area (Å²) in [5.74, 6) is 0. The van der Waals surface area contributed by atoms with Gasteiger partial charge < -0.3 is 10.3 Å². The van der Waals surface area contributed by atoms with Crippen molar-refractivity contribution in [3.63, 3.8) is 0 Å². The third kappa shape index (κ3) is 2.24. The molecule has 64 valence electrons. The van der Waals surface area contributed by atoms with E-state index in [4.69, 9.17) is 5.73 Å². The van der Waals surface area contributed by atoms with Crippen LogP contribution in [-0.2, 0) is 7.05 Å². The molecule has 3 heteroatoms. The largest absolute Gasteiger partial charge is 0.353 e. The van der Waals surface area contributed by atoms with Gasteiger partial charge in [0.1, 0.15) is 0 Å². The van der Waals surface area contributed by atoms with Gasteiger partial charge in [0, 0.05) is 25.0 Å². The lowest BCUT2D eigenvalue weighted by Gasteiger charge is -2.09. The van der Waals surface area contributed by atoms with Crippen molar-refractivity contribution in [1.29, 1.82) is 0 Å². The molecule has 1 atom stereocenters. The molecule has 0 bridgehead atoms. The van der Waals surface area contributed by atoms with Crippen LogP contribution in [0.1, 0.15) is 25.1 Å². The quantitative estimate of drug-likeness (QED) is 0.729. The van der Waals surface area contributed by atoms with E-state index in [9.17, 15) is 0 Å². The topological polar surface area (TPSA) is 30.9 Å². The average Bonchev–Trinajstić information content (AvgIpc) is 2.34. The lowest BCUT2D eigenvalue weighted by atomic mass is 10.2. The Kier molecular flexibility index (Phi) is 4.23. The molecule has 1 aromatic rings. The maximum absolute atomic E-state index is 5.82. The highest BCUT2D eigenvalue weighted by Crippen LogP contribution is 2.12. The van der Waals surface area contributed by atoms with Crippen LogP contribution in [0.3, 0.4) is 0 Å². The summed E-state index contributed by atoms with van der Waals surface area (Å²) in [6.07, 6.45) is 3.02. The van der Waals surface area contributed by atoms with E-state index < -0.39 is 0 Å². The molecule has 1 rings (SSSR count). The van der Waals surface area contributed by atoms with Gasteiger partial charge in [-0.05, 0) is 18.6 Å². The summed E-state index contributed by atoms with van der Waals surface area (Å²) in [6.45, 7) is 2.09. The smallest absolute Gasteiger partial charge is 0.0447 e. The van der Waals surface area contributed by atoms with Crippen LogP contribution in [0, 0.1) is 0 Å². The second-order valence-corrected chi connectivity index (χ2v) is 2.56. The first-order chi connectivity index (χ1) is 4.75. The summed E-state index contributed by atoms with van der Waals surface area (Å²) in [7, 11) is 2.02. The summed E-state index contributed by atoms with van der Waals surface area (Å²) in [4.78, 5) is 0. The number of nitrogens with two attached hydrogens (primary N) is 1. The minimum Gasteiger partial charge on any atom is -0.353 e. The molecule has 0 radical (unpaired) electrons. The van der Waals surface area contributed by atoms with Crippen molar-refractivity contribution in [1.82, 2.24) is 4.57 Å². The first kappa shape index (κ1) is 10.5. The van der Waals surface area contributed by atoms with Crippen molar-refractivity contribution in [2.24, 2.45) is 12.8 Å². The van der Waals surface area contributed by atoms with E-state index in [1.807, 2.05) is 19.3 Å². The molecule has 1 heterocycles. The summed E-state index contributed by atoms with van der Waals surface area (Å²) in [5.41, 5.74) is 7.03. The van der Waals surface area contributed by atoms with E-state index in [0.29, 0.717) is 0 Å². The molecule has 0 saturated heterocycles. The fourth-order valence-corrected chi connectivity index (χ4v) is 1.07. The number of halogens is 1. The monoisotopic (exact) mass is 174 g/mol. The van der Waals surface area contributed by atoms with Gasteiger partial charge in [-0.3, -0.25) is 0 Å². The predicted octanol–water partition coefficient (Wildman–Crippen LogP) is 1.86. The highest BCUT2D eigenvalue weighted by Gasteiger charge is 2.04. The van der Waals surface area contributed by atoms with Gasteiger partial charge in [0.25, 0.3) is 0 Å². The van der Waals surface area contributed by atoms with Gasteiger partial charge in [-0.25, -0.2) is 0 Å². The van der Waals surface area contributed by atoms with Crippen LogP contribution in [0.2, 0.25) is 0 Å². The zero-order valence-corrected chi connectivity index (χ0v) is 7.77. The maximum atomic E-state index is 5.82. The highest BCUT2D eigenvalue weighted by atomic mass is 35.5. The summed E-state index contributed by atoms with van der Waals surface area (Å²) in [6, 6.07) is 4.28. The van der Waals surface area contributed by atoms with Gasteiger partial charge in [0.2, 0.25) is 0 Å². The Morgan fingerprint density at radius 1 is 1.64 bits per heavy atom. The normalized spacial score (nSPS) is 12.3. The third-order valence-electron chi connectivity index (χ3n) is 1.80. The molecule has 0 spiro atoms. The lowest BCUT2D eigenvalue weighted by Crippen LogP contribution is -2.12. The Bertz CT molecular complexity index is 208. The predicted molar refractivity (Wildman–Crippen MR) is 49.9 cm³/mol. The molecule has 0 aliphatic carbocycles. The first-order valence-corrected chi connectivity index (χ1v) is 3.62. The van der Waals surface area contributed by atoms with Gasteiger partial charge in [0.15, 0.2) is 0 Å². The molecular formula is C8H15ClN2. The van der Waals surface area contributed by atoms with E-state index in [1.165, 1.54) is 5.69 Å². The van der Waals surface area contributed by atoms with Crippen LogP contribution in [0.15, 0.2) is 18.3 Å². The number of aromatic nitrogens is 1. The van der Waals surface area contributed by atoms with Crippen LogP contribution in [0.4, 0.5) is 0 Å². The molecule has 2 nitrogen and oxygen atoms in total. The van der Waals surface area contributed by atoms with E-state index in [2.05, 4.69) is 17.6 Å². The van der Waals surface area contributed by atoms with E-state index in [-0.39, 0.29) is 18.4 Å². The molecule has 2 N–H and O–H groups in total. The Hall–Kier alpha value is -0.470. The SMILES string of the molecule is CC[C@@H](N)c1cccn1C.Cl. The van der Waals surface area contributed by atoms with Crippen molar-refractivity contribution in [2.45, 2.75) is 19.4 Å². The molecule has 0 amide bonds. The number of aryl methyl sites for hydroxylation is 1. The summed E-state index contributed by atoms with van der Waals surface area (Å²) < 4.78 is 2.06. The fraction of sp³-hybridized carbons (Fsp3) is 0.500. The second-order valence-electron chi connectivity index (χ2n) is 2.56. The zero-order valence-electron chi connectivity index (χ0n) is 6.95. The Balaban J connectivity index is 0.000001000. The summed E-state index contributed by atoms with van der Waals surface area (Å²) >= 11 is 0. The summed E-state index contributed by atoms with van der Waals surface area (Å²) in [5, 5.41) is 0. The molecular weight excluding hydrogens is 160 g/mol. The van der Waals surface area contributed by atoms with Crippen LogP contribution in [0.25, 0.3) is 0 Å². The molecule has 0 fully saturated rings. The Morgan fingerprint density at radius 2 is 2.27 bits per heavy atom. The molecule has 0 unspecified atom stereocenters. The fourth-order valence-electron chi connectivity index (χ4n) is 1.07. The maximum Gasteiger partial charge on any atom is 0.0447 e. The number of nitrogens with zero attached hydrogens (tertiary/aromatic N) is 1. The van der Waals surface area contributed by atoms with Crippen molar-refractivity contribution >= 4 is 12.4 Å². The van der Waals surface area contributed by atoms with Crippen LogP contribution in [-0.4, -0.2) is 4.57 Å². The molecule has 1 aromatic heterocycles. The van der Waals surface area contributed by atoms with E-state index in [1.54, 1.807) is 0 Å². The van der Waals surface area contributed by atoms with Crippen molar-refractivity contribution in [2.75, 3.05) is 0 Å². The number of hydrogen-bond acceptors (Lipinski definition) is 1. The molecule has 0 saturated carbocycles. The minimum absolute atomic E-state index is 0. The zero-order chi connectivity index (χ0) is 7.56. The molecule has 0 aliphatic heterocycles. The van der Waals surface area contributed by atoms with Crippen molar-refractivity contribution < 1.29 is 0 Å². The van der Waals surface area contributed by atoms with E-state index in [0.717, 1.165) is 6.42 Å². The number of rotatable bonds is 2. The van der Waals surface area contributed by atoms with Gasteiger partial charge in [-0.15, -0.1) is 12.4 Å². The molecule has 11 heavy (non-hydrogen) atoms. The Morgan fingerprint density at radius 3 is 2.64 bits per heavy atom. The van der Waals surface area contributed by atoms with Gasteiger partial charge in [-0.1, -0.05) is 6.92 Å². The van der Waals surface area contributed by atoms with Crippen molar-refractivity contribution in [3.05, 3.63) is 24.0 Å². The standard InChI is InChI=1S/C8H14N2.ClH/c1-3-7(9)8-5-4-6-10(8)2;/h4-7H,3,9H2,1-2H3;1H/t7-;/m1./s1.